The van der Waals surface area contributed by atoms with Gasteiger partial charge in [0.25, 0.3) is 0 Å². The average Bonchev–Trinajstić information content (AvgIpc) is 3.17. The molecular formula is C47H83NO10P+. The summed E-state index contributed by atoms with van der Waals surface area (Å²) in [7, 11) is 1.35. The number of esters is 2. The van der Waals surface area contributed by atoms with Crippen molar-refractivity contribution >= 4 is 19.8 Å². The van der Waals surface area contributed by atoms with Crippen LogP contribution in [0, 0.1) is 0 Å². The Morgan fingerprint density at radius 3 is 1.69 bits per heavy atom. The van der Waals surface area contributed by atoms with Gasteiger partial charge in [-0.2, -0.15) is 0 Å². The quantitative estimate of drug-likeness (QED) is 0.0136. The van der Waals surface area contributed by atoms with Gasteiger partial charge in [0.2, 0.25) is 0 Å². The molecule has 0 aromatic carbocycles. The molecule has 340 valence electrons. The maximum absolute atomic E-state index is 12.7. The van der Waals surface area contributed by atoms with E-state index < -0.39 is 44.7 Å². The topological polar surface area (TPSA) is 149 Å². The lowest BCUT2D eigenvalue weighted by molar-refractivity contribution is -0.870. The van der Waals surface area contributed by atoms with E-state index in [0.717, 1.165) is 25.7 Å². The number of quaternary nitrogens is 1. The smallest absolute Gasteiger partial charge is 0.462 e. The van der Waals surface area contributed by atoms with Crippen LogP contribution < -0.4 is 0 Å². The molecule has 0 aliphatic rings. The summed E-state index contributed by atoms with van der Waals surface area (Å²) in [5.41, 5.74) is 0. The number of rotatable bonds is 39. The van der Waals surface area contributed by atoms with Gasteiger partial charge in [0.1, 0.15) is 19.8 Å². The van der Waals surface area contributed by atoms with Crippen LogP contribution in [0.15, 0.2) is 72.9 Å². The maximum Gasteiger partial charge on any atom is 0.472 e. The van der Waals surface area contributed by atoms with Gasteiger partial charge in [-0.15, -0.1) is 0 Å². The Bertz CT molecular complexity index is 1270. The largest absolute Gasteiger partial charge is 0.472 e. The van der Waals surface area contributed by atoms with E-state index in [9.17, 15) is 29.3 Å². The number of ether oxygens (including phenoxy) is 2. The lowest BCUT2D eigenvalue weighted by atomic mass is 10.0. The first-order valence-corrected chi connectivity index (χ1v) is 23.9. The summed E-state index contributed by atoms with van der Waals surface area (Å²) < 4.78 is 34.1. The zero-order valence-corrected chi connectivity index (χ0v) is 38.3. The summed E-state index contributed by atoms with van der Waals surface area (Å²) in [4.78, 5) is 35.3. The standard InChI is InChI=1S/C47H82NO10P/c1-6-8-10-11-12-13-14-15-16-17-18-19-23-31-37-46(51)55-41-45(42-57-59(53,54)56-40-39-48(3,4)5)58-47(52)38-32-24-21-20-22-28-34-44(50)36-30-26-25-29-35-43(49)33-27-9-7-2/h9,21-22,24-30,35-36,43-45,49-50H,6-8,10-20,23,31-34,37-42H2,1-5H3/p+1/b24-21-,26-25-,27-9-,28-22-,35-29+,36-30+/t43-,44+,45+/m0/s1. The fraction of sp³-hybridized carbons (Fsp3) is 0.702. The highest BCUT2D eigenvalue weighted by Crippen LogP contribution is 2.43. The van der Waals surface area contributed by atoms with E-state index in [1.807, 2.05) is 64.5 Å². The minimum Gasteiger partial charge on any atom is -0.462 e. The summed E-state index contributed by atoms with van der Waals surface area (Å²) in [6.45, 7) is 4.01. The van der Waals surface area contributed by atoms with Crippen molar-refractivity contribution in [3.63, 3.8) is 0 Å². The van der Waals surface area contributed by atoms with Crippen LogP contribution in [-0.4, -0.2) is 97.3 Å². The molecule has 0 aliphatic heterocycles. The minimum absolute atomic E-state index is 0.00430. The molecule has 11 nitrogen and oxygen atoms in total. The van der Waals surface area contributed by atoms with Crippen LogP contribution in [0.5, 0.6) is 0 Å². The maximum atomic E-state index is 12.7. The Kier molecular flexibility index (Phi) is 36.6. The van der Waals surface area contributed by atoms with Crippen molar-refractivity contribution in [2.45, 2.75) is 167 Å². The van der Waals surface area contributed by atoms with E-state index in [1.165, 1.54) is 64.2 Å². The lowest BCUT2D eigenvalue weighted by Gasteiger charge is -2.24. The average molecular weight is 853 g/mol. The van der Waals surface area contributed by atoms with E-state index in [4.69, 9.17) is 18.5 Å². The number of nitrogens with zero attached hydrogens (tertiary/aromatic N) is 1. The molecule has 1 unspecified atom stereocenters. The van der Waals surface area contributed by atoms with Crippen LogP contribution in [0.25, 0.3) is 0 Å². The van der Waals surface area contributed by atoms with Gasteiger partial charge in [0.15, 0.2) is 6.10 Å². The Labute approximate surface area is 358 Å². The second-order valence-corrected chi connectivity index (χ2v) is 17.6. The molecule has 12 heteroatoms. The second kappa shape index (κ2) is 38.3. The normalized spacial score (nSPS) is 15.3. The van der Waals surface area contributed by atoms with Gasteiger partial charge < -0.3 is 29.1 Å². The van der Waals surface area contributed by atoms with Gasteiger partial charge in [-0.25, -0.2) is 4.57 Å². The molecule has 0 heterocycles. The Balaban J connectivity index is 4.60. The number of carbonyl (C=O) groups excluding carboxylic acids is 2. The van der Waals surface area contributed by atoms with Crippen LogP contribution in [0.1, 0.15) is 149 Å². The Morgan fingerprint density at radius 2 is 1.15 bits per heavy atom. The molecule has 0 aromatic heterocycles. The summed E-state index contributed by atoms with van der Waals surface area (Å²) in [6, 6.07) is 0. The van der Waals surface area contributed by atoms with Gasteiger partial charge in [-0.1, -0.05) is 170 Å². The molecule has 0 bridgehead atoms. The van der Waals surface area contributed by atoms with E-state index in [0.29, 0.717) is 43.1 Å². The molecule has 0 aromatic rings. The van der Waals surface area contributed by atoms with Gasteiger partial charge in [-0.05, 0) is 38.5 Å². The molecule has 0 radical (unpaired) electrons. The number of carbonyl (C=O) groups is 2. The highest BCUT2D eigenvalue weighted by atomic mass is 31.2. The van der Waals surface area contributed by atoms with E-state index in [2.05, 4.69) is 6.92 Å². The van der Waals surface area contributed by atoms with Gasteiger partial charge in [0.05, 0.1) is 40.0 Å². The molecule has 4 atom stereocenters. The van der Waals surface area contributed by atoms with Gasteiger partial charge in [-0.3, -0.25) is 18.6 Å². The van der Waals surface area contributed by atoms with Crippen molar-refractivity contribution in [1.29, 1.82) is 0 Å². The third kappa shape index (κ3) is 41.9. The molecule has 0 fully saturated rings. The zero-order chi connectivity index (χ0) is 43.9. The monoisotopic (exact) mass is 853 g/mol. The van der Waals surface area contributed by atoms with Crippen LogP contribution >= 0.6 is 7.82 Å². The summed E-state index contributed by atoms with van der Waals surface area (Å²) >= 11 is 0. The fourth-order valence-corrected chi connectivity index (χ4v) is 6.37. The fourth-order valence-electron chi connectivity index (χ4n) is 5.63. The molecule has 0 rings (SSSR count). The first-order valence-electron chi connectivity index (χ1n) is 22.4. The van der Waals surface area contributed by atoms with Crippen LogP contribution in [0.3, 0.4) is 0 Å². The number of aliphatic hydroxyl groups is 2. The van der Waals surface area contributed by atoms with Crippen LogP contribution in [0.4, 0.5) is 0 Å². The second-order valence-electron chi connectivity index (χ2n) is 16.1. The lowest BCUT2D eigenvalue weighted by Crippen LogP contribution is -2.37. The zero-order valence-electron chi connectivity index (χ0n) is 37.4. The van der Waals surface area contributed by atoms with Crippen molar-refractivity contribution in [3.8, 4) is 0 Å². The first kappa shape index (κ1) is 56.4. The number of phosphoric ester groups is 1. The number of unbranched alkanes of at least 4 members (excludes halogenated alkanes) is 13. The van der Waals surface area contributed by atoms with E-state index in [1.54, 1.807) is 36.5 Å². The predicted molar refractivity (Wildman–Crippen MR) is 241 cm³/mol. The molecule has 59 heavy (non-hydrogen) atoms. The molecule has 0 amide bonds. The van der Waals surface area contributed by atoms with Crippen molar-refractivity contribution in [2.75, 3.05) is 47.5 Å². The molecule has 0 saturated heterocycles. The van der Waals surface area contributed by atoms with E-state index in [-0.39, 0.29) is 26.1 Å². The molecular weight excluding hydrogens is 769 g/mol. The predicted octanol–water partition coefficient (Wildman–Crippen LogP) is 10.6. The Hall–Kier alpha value is -2.63. The number of hydrogen-bond donors (Lipinski definition) is 3. The number of phosphoric acid groups is 1. The van der Waals surface area contributed by atoms with Crippen LogP contribution in [-0.2, 0) is 32.7 Å². The molecule has 3 N–H and O–H groups in total. The summed E-state index contributed by atoms with van der Waals surface area (Å²) in [6.07, 6.45) is 40.3. The highest BCUT2D eigenvalue weighted by Gasteiger charge is 2.27. The van der Waals surface area contributed by atoms with Crippen molar-refractivity contribution in [2.24, 2.45) is 0 Å². The third-order valence-corrected chi connectivity index (χ3v) is 10.2. The van der Waals surface area contributed by atoms with Crippen molar-refractivity contribution < 1.29 is 52.3 Å². The first-order chi connectivity index (χ1) is 28.3. The molecule has 0 aliphatic carbocycles. The summed E-state index contributed by atoms with van der Waals surface area (Å²) in [5, 5.41) is 20.0. The van der Waals surface area contributed by atoms with Gasteiger partial charge in [0, 0.05) is 12.8 Å². The molecule has 0 spiro atoms. The SMILES string of the molecule is CC/C=C\C[C@H](O)/C=C/C=C\C=C\[C@H](O)C/C=C\C/C=C\CCC(=O)O[C@H](COC(=O)CCCCCCCCCCCCCCCC)COP(=O)(O)OCC[N+](C)(C)C. The number of likely N-dealkylation sites (N-methyl/N-ethyl adjacent to an activating group) is 1. The van der Waals surface area contributed by atoms with E-state index >= 15 is 0 Å². The van der Waals surface area contributed by atoms with Crippen LogP contribution in [0.2, 0.25) is 0 Å². The third-order valence-electron chi connectivity index (χ3n) is 9.18. The van der Waals surface area contributed by atoms with Crippen molar-refractivity contribution in [1.82, 2.24) is 0 Å². The molecule has 0 saturated carbocycles. The number of allylic oxidation sites excluding steroid dienone is 8. The van der Waals surface area contributed by atoms with Gasteiger partial charge >= 0.3 is 19.8 Å². The summed E-state index contributed by atoms with van der Waals surface area (Å²) in [5.74, 6) is -0.969. The number of aliphatic hydroxyl groups excluding tert-OH is 2. The highest BCUT2D eigenvalue weighted by molar-refractivity contribution is 7.47. The minimum atomic E-state index is -4.43. The number of hydrogen-bond acceptors (Lipinski definition) is 9. The van der Waals surface area contributed by atoms with Crippen molar-refractivity contribution in [3.05, 3.63) is 72.9 Å². The Morgan fingerprint density at radius 1 is 0.627 bits per heavy atom.